The van der Waals surface area contributed by atoms with Gasteiger partial charge < -0.3 is 20.1 Å². The molecule has 2 N–H and O–H groups in total. The number of nitrogens with one attached hydrogen (secondary N) is 1. The Morgan fingerprint density at radius 2 is 2.10 bits per heavy atom. The normalized spacial score (nSPS) is 16.9. The molecule has 1 rings (SSSR count). The van der Waals surface area contributed by atoms with Gasteiger partial charge in [0.1, 0.15) is 6.04 Å². The van der Waals surface area contributed by atoms with E-state index >= 15 is 0 Å². The number of hydrogen-bond donors (Lipinski definition) is 2. The number of ether oxygens (including phenoxy) is 1. The highest BCUT2D eigenvalue weighted by atomic mass is 32.2. The lowest BCUT2D eigenvalue weighted by atomic mass is 10.1. The number of carbonyl (C=O) groups is 3. The molecule has 0 saturated carbocycles. The Morgan fingerprint density at radius 1 is 1.35 bits per heavy atom. The van der Waals surface area contributed by atoms with Crippen molar-refractivity contribution in [2.75, 3.05) is 31.7 Å². The molecule has 0 aromatic carbocycles. The van der Waals surface area contributed by atoms with E-state index in [4.69, 9.17) is 5.11 Å². The van der Waals surface area contributed by atoms with Gasteiger partial charge in [0.15, 0.2) is 0 Å². The Hall–Kier alpha value is -1.44. The van der Waals surface area contributed by atoms with Crippen molar-refractivity contribution in [2.45, 2.75) is 25.3 Å². The van der Waals surface area contributed by atoms with Crippen LogP contribution in [0.15, 0.2) is 0 Å². The molecule has 1 heterocycles. The number of amides is 2. The Morgan fingerprint density at radius 3 is 2.75 bits per heavy atom. The van der Waals surface area contributed by atoms with Crippen LogP contribution in [0.5, 0.6) is 0 Å². The maximum atomic E-state index is 12.0. The number of carbonyl (C=O) groups excluding carboxylic acids is 2. The van der Waals surface area contributed by atoms with Crippen molar-refractivity contribution in [2.24, 2.45) is 0 Å². The Balaban J connectivity index is 2.49. The summed E-state index contributed by atoms with van der Waals surface area (Å²) in [7, 11) is 1.24. The molecule has 20 heavy (non-hydrogen) atoms. The van der Waals surface area contributed by atoms with Gasteiger partial charge in [-0.05, 0) is 18.6 Å². The van der Waals surface area contributed by atoms with Gasteiger partial charge >= 0.3 is 18.0 Å². The molecule has 0 radical (unpaired) electrons. The van der Waals surface area contributed by atoms with E-state index in [0.29, 0.717) is 13.1 Å². The molecule has 0 aromatic heterocycles. The van der Waals surface area contributed by atoms with Crippen molar-refractivity contribution >= 4 is 29.7 Å². The molecule has 114 valence electrons. The Labute approximate surface area is 122 Å². The van der Waals surface area contributed by atoms with Crippen LogP contribution in [0.3, 0.4) is 0 Å². The zero-order chi connectivity index (χ0) is 15.0. The van der Waals surface area contributed by atoms with Crippen molar-refractivity contribution in [1.29, 1.82) is 0 Å². The third kappa shape index (κ3) is 5.68. The van der Waals surface area contributed by atoms with Gasteiger partial charge in [0.2, 0.25) is 0 Å². The van der Waals surface area contributed by atoms with Crippen molar-refractivity contribution in [3.05, 3.63) is 0 Å². The standard InChI is InChI=1S/C12H20N2O5S/c1-19-10(15)4-3-9(11(16)17)13-12(18)14-5-2-7-20-8-6-14/h9H,2-8H2,1H3,(H,13,18)(H,16,17)/t9-/m1/s1. The second-order valence-corrected chi connectivity index (χ2v) is 5.63. The van der Waals surface area contributed by atoms with E-state index in [0.717, 1.165) is 17.9 Å². The van der Waals surface area contributed by atoms with Crippen LogP contribution in [-0.2, 0) is 14.3 Å². The quantitative estimate of drug-likeness (QED) is 0.720. The van der Waals surface area contributed by atoms with E-state index < -0.39 is 18.0 Å². The molecular formula is C12H20N2O5S. The molecule has 0 bridgehead atoms. The monoisotopic (exact) mass is 304 g/mol. The van der Waals surface area contributed by atoms with Crippen molar-refractivity contribution < 1.29 is 24.2 Å². The SMILES string of the molecule is COC(=O)CC[C@@H](NC(=O)N1CCCSCC1)C(=O)O. The predicted molar refractivity (Wildman–Crippen MR) is 74.7 cm³/mol. The minimum Gasteiger partial charge on any atom is -0.480 e. The highest BCUT2D eigenvalue weighted by Gasteiger charge is 2.24. The van der Waals surface area contributed by atoms with Gasteiger partial charge in [-0.1, -0.05) is 0 Å². The molecule has 0 aliphatic carbocycles. The van der Waals surface area contributed by atoms with E-state index in [2.05, 4.69) is 10.1 Å². The number of thioether (sulfide) groups is 1. The van der Waals surface area contributed by atoms with Gasteiger partial charge in [0.05, 0.1) is 7.11 Å². The zero-order valence-electron chi connectivity index (χ0n) is 11.5. The number of hydrogen-bond acceptors (Lipinski definition) is 5. The van der Waals surface area contributed by atoms with E-state index in [1.165, 1.54) is 7.11 Å². The number of carboxylic acid groups (broad SMARTS) is 1. The molecule has 0 aromatic rings. The van der Waals surface area contributed by atoms with Gasteiger partial charge in [-0.3, -0.25) is 4.79 Å². The molecule has 1 saturated heterocycles. The van der Waals surface area contributed by atoms with E-state index in [-0.39, 0.29) is 18.9 Å². The molecule has 0 unspecified atom stereocenters. The van der Waals surface area contributed by atoms with Gasteiger partial charge in [0.25, 0.3) is 0 Å². The van der Waals surface area contributed by atoms with Gasteiger partial charge in [-0.25, -0.2) is 9.59 Å². The summed E-state index contributed by atoms with van der Waals surface area (Å²) in [6.07, 6.45) is 0.887. The van der Waals surface area contributed by atoms with Crippen LogP contribution in [0.4, 0.5) is 4.79 Å². The first-order chi connectivity index (χ1) is 9.54. The average molecular weight is 304 g/mol. The number of nitrogens with zero attached hydrogens (tertiary/aromatic N) is 1. The smallest absolute Gasteiger partial charge is 0.326 e. The molecule has 1 aliphatic rings. The fraction of sp³-hybridized carbons (Fsp3) is 0.750. The topological polar surface area (TPSA) is 95.9 Å². The molecule has 1 atom stereocenters. The first-order valence-electron chi connectivity index (χ1n) is 6.47. The predicted octanol–water partition coefficient (Wildman–Crippen LogP) is 0.541. The second-order valence-electron chi connectivity index (χ2n) is 4.41. The van der Waals surface area contributed by atoms with Crippen molar-refractivity contribution in [3.63, 3.8) is 0 Å². The highest BCUT2D eigenvalue weighted by molar-refractivity contribution is 7.99. The van der Waals surface area contributed by atoms with Gasteiger partial charge in [-0.15, -0.1) is 0 Å². The van der Waals surface area contributed by atoms with Crippen LogP contribution in [-0.4, -0.2) is 65.7 Å². The summed E-state index contributed by atoms with van der Waals surface area (Å²) < 4.78 is 4.46. The maximum Gasteiger partial charge on any atom is 0.326 e. The molecule has 2 amide bonds. The maximum absolute atomic E-state index is 12.0. The number of urea groups is 1. The summed E-state index contributed by atoms with van der Waals surface area (Å²) in [5, 5.41) is 11.5. The lowest BCUT2D eigenvalue weighted by Crippen LogP contribution is -2.48. The van der Waals surface area contributed by atoms with Crippen molar-refractivity contribution in [1.82, 2.24) is 10.2 Å². The van der Waals surface area contributed by atoms with Crippen LogP contribution in [0.1, 0.15) is 19.3 Å². The lowest BCUT2D eigenvalue weighted by Gasteiger charge is -2.23. The fourth-order valence-electron chi connectivity index (χ4n) is 1.81. The molecule has 1 fully saturated rings. The summed E-state index contributed by atoms with van der Waals surface area (Å²) in [5.74, 6) is 0.227. The average Bonchev–Trinajstić information content (AvgIpc) is 2.71. The number of rotatable bonds is 5. The van der Waals surface area contributed by atoms with Crippen LogP contribution in [0, 0.1) is 0 Å². The fourth-order valence-corrected chi connectivity index (χ4v) is 2.70. The van der Waals surface area contributed by atoms with Crippen LogP contribution in [0.2, 0.25) is 0 Å². The number of carboxylic acids is 1. The summed E-state index contributed by atoms with van der Waals surface area (Å²) in [4.78, 5) is 35.8. The second kappa shape index (κ2) is 8.68. The van der Waals surface area contributed by atoms with Crippen molar-refractivity contribution in [3.8, 4) is 0 Å². The number of aliphatic carboxylic acids is 1. The molecule has 1 aliphatic heterocycles. The summed E-state index contributed by atoms with van der Waals surface area (Å²) in [5.41, 5.74) is 0. The minimum absolute atomic E-state index is 0.0241. The van der Waals surface area contributed by atoms with Crippen LogP contribution < -0.4 is 5.32 Å². The molecule has 0 spiro atoms. The number of esters is 1. The summed E-state index contributed by atoms with van der Waals surface area (Å²) in [6, 6.07) is -1.46. The van der Waals surface area contributed by atoms with Gasteiger partial charge in [0, 0.05) is 25.3 Å². The molecule has 8 heteroatoms. The van der Waals surface area contributed by atoms with E-state index in [9.17, 15) is 14.4 Å². The summed E-state index contributed by atoms with van der Waals surface area (Å²) in [6.45, 7) is 1.24. The minimum atomic E-state index is -1.15. The molecular weight excluding hydrogens is 284 g/mol. The lowest BCUT2D eigenvalue weighted by molar-refractivity contribution is -0.142. The Bertz CT molecular complexity index is 356. The van der Waals surface area contributed by atoms with Crippen LogP contribution in [0.25, 0.3) is 0 Å². The highest BCUT2D eigenvalue weighted by Crippen LogP contribution is 2.10. The largest absolute Gasteiger partial charge is 0.480 e. The zero-order valence-corrected chi connectivity index (χ0v) is 12.3. The summed E-state index contributed by atoms with van der Waals surface area (Å²) >= 11 is 1.78. The third-order valence-corrected chi connectivity index (χ3v) is 4.02. The third-order valence-electron chi connectivity index (χ3n) is 2.97. The first kappa shape index (κ1) is 16.6. The van der Waals surface area contributed by atoms with E-state index in [1.54, 1.807) is 16.7 Å². The molecule has 7 nitrogen and oxygen atoms in total. The number of methoxy groups -OCH3 is 1. The Kier molecular flexibility index (Phi) is 7.21. The first-order valence-corrected chi connectivity index (χ1v) is 7.63. The van der Waals surface area contributed by atoms with Gasteiger partial charge in [-0.2, -0.15) is 11.8 Å². The van der Waals surface area contributed by atoms with Crippen LogP contribution >= 0.6 is 11.8 Å². The van der Waals surface area contributed by atoms with E-state index in [1.807, 2.05) is 0 Å².